The van der Waals surface area contributed by atoms with Gasteiger partial charge in [0, 0.05) is 25.2 Å². The Balaban J connectivity index is 0.00000312. The number of benzene rings is 1. The van der Waals surface area contributed by atoms with Crippen molar-refractivity contribution in [2.45, 2.75) is 25.8 Å². The second kappa shape index (κ2) is 11.4. The minimum Gasteiger partial charge on any atom is -0.340 e. The van der Waals surface area contributed by atoms with E-state index in [4.69, 9.17) is 0 Å². The highest BCUT2D eigenvalue weighted by Gasteiger charge is 2.26. The second-order valence-corrected chi connectivity index (χ2v) is 7.09. The maximum atomic E-state index is 12.9. The molecule has 1 saturated heterocycles. The van der Waals surface area contributed by atoms with Crippen molar-refractivity contribution in [3.05, 3.63) is 35.4 Å². The first kappa shape index (κ1) is 21.8. The lowest BCUT2D eigenvalue weighted by molar-refractivity contribution is -0.133. The standard InChI is InChI=1S/C18H27N3O2S.ClH/c1-14-5-3-6-15(13-14)17(22)20-16(7-12-24-2)18(23)21-10-4-8-19-9-11-21;/h3,5-6,13,16,19H,4,7-12H2,1-2H3,(H,20,22);1H. The van der Waals surface area contributed by atoms with Gasteiger partial charge in [-0.15, -0.1) is 12.4 Å². The smallest absolute Gasteiger partial charge is 0.251 e. The third kappa shape index (κ3) is 6.88. The quantitative estimate of drug-likeness (QED) is 0.787. The summed E-state index contributed by atoms with van der Waals surface area (Å²) in [5.41, 5.74) is 1.64. The molecule has 0 aromatic heterocycles. The van der Waals surface area contributed by atoms with Crippen molar-refractivity contribution >= 4 is 36.0 Å². The lowest BCUT2D eigenvalue weighted by Gasteiger charge is -2.26. The molecule has 0 spiro atoms. The molecule has 7 heteroatoms. The molecule has 1 fully saturated rings. The number of amides is 2. The molecule has 1 unspecified atom stereocenters. The summed E-state index contributed by atoms with van der Waals surface area (Å²) in [6, 6.07) is 7.00. The van der Waals surface area contributed by atoms with Crippen molar-refractivity contribution < 1.29 is 9.59 Å². The van der Waals surface area contributed by atoms with Gasteiger partial charge in [-0.3, -0.25) is 9.59 Å². The van der Waals surface area contributed by atoms with E-state index in [1.807, 2.05) is 36.3 Å². The van der Waals surface area contributed by atoms with Crippen molar-refractivity contribution in [1.29, 1.82) is 0 Å². The molecule has 2 amide bonds. The number of nitrogens with one attached hydrogen (secondary N) is 2. The fourth-order valence-electron chi connectivity index (χ4n) is 2.81. The molecule has 1 aromatic carbocycles. The predicted octanol–water partition coefficient (Wildman–Crippen LogP) is 2.09. The molecule has 0 radical (unpaired) electrons. The number of carbonyl (C=O) groups excluding carboxylic acids is 2. The molecule has 0 bridgehead atoms. The number of rotatable bonds is 6. The third-order valence-electron chi connectivity index (χ3n) is 4.15. The van der Waals surface area contributed by atoms with Crippen LogP contribution in [0.3, 0.4) is 0 Å². The van der Waals surface area contributed by atoms with Crippen molar-refractivity contribution in [2.75, 3.05) is 38.2 Å². The fraction of sp³-hybridized carbons (Fsp3) is 0.556. The van der Waals surface area contributed by atoms with E-state index in [-0.39, 0.29) is 24.2 Å². The van der Waals surface area contributed by atoms with Gasteiger partial charge in [0.15, 0.2) is 0 Å². The Kier molecular flexibility index (Phi) is 9.93. The molecule has 1 atom stereocenters. The lowest BCUT2D eigenvalue weighted by atomic mass is 10.1. The molecule has 5 nitrogen and oxygen atoms in total. The van der Waals surface area contributed by atoms with Crippen LogP contribution in [0.5, 0.6) is 0 Å². The van der Waals surface area contributed by atoms with Crippen LogP contribution in [0, 0.1) is 6.92 Å². The summed E-state index contributed by atoms with van der Waals surface area (Å²) >= 11 is 1.69. The van der Waals surface area contributed by atoms with Gasteiger partial charge in [-0.25, -0.2) is 0 Å². The summed E-state index contributed by atoms with van der Waals surface area (Å²) in [6.07, 6.45) is 3.62. The van der Waals surface area contributed by atoms with Gasteiger partial charge in [0.05, 0.1) is 0 Å². The Morgan fingerprint density at radius 3 is 2.84 bits per heavy atom. The highest BCUT2D eigenvalue weighted by Crippen LogP contribution is 2.09. The van der Waals surface area contributed by atoms with Gasteiger partial charge in [0.1, 0.15) is 6.04 Å². The number of aryl methyl sites for hydroxylation is 1. The van der Waals surface area contributed by atoms with E-state index in [9.17, 15) is 9.59 Å². The number of thioether (sulfide) groups is 1. The van der Waals surface area contributed by atoms with E-state index in [0.717, 1.165) is 37.4 Å². The van der Waals surface area contributed by atoms with Crippen LogP contribution in [0.1, 0.15) is 28.8 Å². The van der Waals surface area contributed by atoms with Gasteiger partial charge in [-0.1, -0.05) is 17.7 Å². The molecular formula is C18H28ClN3O2S. The van der Waals surface area contributed by atoms with Crippen LogP contribution < -0.4 is 10.6 Å². The first-order chi connectivity index (χ1) is 11.6. The van der Waals surface area contributed by atoms with Crippen molar-refractivity contribution in [2.24, 2.45) is 0 Å². The summed E-state index contributed by atoms with van der Waals surface area (Å²) in [5.74, 6) is 0.705. The van der Waals surface area contributed by atoms with Gasteiger partial charge in [-0.05, 0) is 50.5 Å². The Morgan fingerprint density at radius 2 is 2.12 bits per heavy atom. The van der Waals surface area contributed by atoms with E-state index in [1.54, 1.807) is 17.8 Å². The molecule has 25 heavy (non-hydrogen) atoms. The van der Waals surface area contributed by atoms with E-state index < -0.39 is 6.04 Å². The molecule has 1 aliphatic heterocycles. The number of carbonyl (C=O) groups is 2. The topological polar surface area (TPSA) is 61.4 Å². The molecule has 0 saturated carbocycles. The Morgan fingerprint density at radius 1 is 1.32 bits per heavy atom. The summed E-state index contributed by atoms with van der Waals surface area (Å²) in [4.78, 5) is 27.3. The Bertz CT molecular complexity index is 563. The SMILES string of the molecule is CSCCC(NC(=O)c1cccc(C)c1)C(=O)N1CCCNCC1.Cl. The van der Waals surface area contributed by atoms with E-state index in [2.05, 4.69) is 10.6 Å². The summed E-state index contributed by atoms with van der Waals surface area (Å²) < 4.78 is 0. The number of hydrogen-bond acceptors (Lipinski definition) is 4. The predicted molar refractivity (Wildman–Crippen MR) is 107 cm³/mol. The van der Waals surface area contributed by atoms with E-state index in [0.29, 0.717) is 18.5 Å². The molecule has 2 N–H and O–H groups in total. The van der Waals surface area contributed by atoms with Crippen LogP contribution in [0.4, 0.5) is 0 Å². The Labute approximate surface area is 160 Å². The van der Waals surface area contributed by atoms with Crippen molar-refractivity contribution in [3.63, 3.8) is 0 Å². The van der Waals surface area contributed by atoms with Crippen LogP contribution in [0.2, 0.25) is 0 Å². The van der Waals surface area contributed by atoms with Crippen LogP contribution in [-0.2, 0) is 4.79 Å². The minimum absolute atomic E-state index is 0. The molecule has 2 rings (SSSR count). The average Bonchev–Trinajstić information content (AvgIpc) is 2.87. The maximum Gasteiger partial charge on any atom is 0.251 e. The first-order valence-corrected chi connectivity index (χ1v) is 9.87. The molecule has 0 aliphatic carbocycles. The number of nitrogens with zero attached hydrogens (tertiary/aromatic N) is 1. The van der Waals surface area contributed by atoms with Gasteiger partial charge < -0.3 is 15.5 Å². The zero-order valence-electron chi connectivity index (χ0n) is 14.9. The number of hydrogen-bond donors (Lipinski definition) is 2. The maximum absolute atomic E-state index is 12.9. The summed E-state index contributed by atoms with van der Waals surface area (Å²) in [7, 11) is 0. The average molecular weight is 386 g/mol. The highest BCUT2D eigenvalue weighted by atomic mass is 35.5. The van der Waals surface area contributed by atoms with Crippen molar-refractivity contribution in [3.8, 4) is 0 Å². The minimum atomic E-state index is -0.455. The fourth-order valence-corrected chi connectivity index (χ4v) is 3.28. The molecule has 140 valence electrons. The Hall–Kier alpha value is -1.24. The first-order valence-electron chi connectivity index (χ1n) is 8.48. The highest BCUT2D eigenvalue weighted by molar-refractivity contribution is 7.98. The van der Waals surface area contributed by atoms with Crippen LogP contribution in [0.15, 0.2) is 24.3 Å². The zero-order chi connectivity index (χ0) is 17.4. The second-order valence-electron chi connectivity index (χ2n) is 6.11. The van der Waals surface area contributed by atoms with Crippen LogP contribution >= 0.6 is 24.2 Å². The summed E-state index contributed by atoms with van der Waals surface area (Å²) in [5, 5.41) is 6.25. The van der Waals surface area contributed by atoms with E-state index in [1.165, 1.54) is 0 Å². The van der Waals surface area contributed by atoms with Gasteiger partial charge in [-0.2, -0.15) is 11.8 Å². The molecule has 1 aliphatic rings. The van der Waals surface area contributed by atoms with Gasteiger partial charge in [0.25, 0.3) is 5.91 Å². The number of halogens is 1. The molecule has 1 aromatic rings. The van der Waals surface area contributed by atoms with Crippen LogP contribution in [0.25, 0.3) is 0 Å². The zero-order valence-corrected chi connectivity index (χ0v) is 16.5. The van der Waals surface area contributed by atoms with Crippen molar-refractivity contribution in [1.82, 2.24) is 15.5 Å². The van der Waals surface area contributed by atoms with Gasteiger partial charge in [0.2, 0.25) is 5.91 Å². The molecule has 1 heterocycles. The van der Waals surface area contributed by atoms with E-state index >= 15 is 0 Å². The summed E-state index contributed by atoms with van der Waals surface area (Å²) in [6.45, 7) is 5.16. The monoisotopic (exact) mass is 385 g/mol. The molecular weight excluding hydrogens is 358 g/mol. The third-order valence-corrected chi connectivity index (χ3v) is 4.79. The lowest BCUT2D eigenvalue weighted by Crippen LogP contribution is -2.49. The largest absolute Gasteiger partial charge is 0.340 e. The van der Waals surface area contributed by atoms with Crippen LogP contribution in [-0.4, -0.2) is 60.9 Å². The normalized spacial score (nSPS) is 15.7. The van der Waals surface area contributed by atoms with Gasteiger partial charge >= 0.3 is 0 Å².